The van der Waals surface area contributed by atoms with Crippen LogP contribution < -0.4 is 11.1 Å². The SMILES string of the molecule is CCOC(=O)c1cc(NCC2CC2(C)C)ccc1N. The molecule has 1 saturated carbocycles. The fraction of sp³-hybridized carbons (Fsp3) is 0.533. The van der Waals surface area contributed by atoms with Crippen molar-refractivity contribution < 1.29 is 9.53 Å². The van der Waals surface area contributed by atoms with Crippen molar-refractivity contribution in [1.29, 1.82) is 0 Å². The number of anilines is 2. The lowest BCUT2D eigenvalue weighted by atomic mass is 10.1. The van der Waals surface area contributed by atoms with Crippen molar-refractivity contribution in [1.82, 2.24) is 0 Å². The first-order valence-electron chi connectivity index (χ1n) is 6.74. The van der Waals surface area contributed by atoms with E-state index in [0.717, 1.165) is 12.2 Å². The summed E-state index contributed by atoms with van der Waals surface area (Å²) in [7, 11) is 0. The Bertz CT molecular complexity index is 483. The number of carbonyl (C=O) groups excluding carboxylic acids is 1. The van der Waals surface area contributed by atoms with Crippen molar-refractivity contribution in [3.05, 3.63) is 23.8 Å². The largest absolute Gasteiger partial charge is 0.462 e. The van der Waals surface area contributed by atoms with E-state index in [1.54, 1.807) is 19.1 Å². The van der Waals surface area contributed by atoms with Crippen molar-refractivity contribution in [3.63, 3.8) is 0 Å². The summed E-state index contributed by atoms with van der Waals surface area (Å²) in [6.45, 7) is 7.61. The van der Waals surface area contributed by atoms with Crippen LogP contribution in [0, 0.1) is 11.3 Å². The molecule has 0 amide bonds. The zero-order valence-corrected chi connectivity index (χ0v) is 11.8. The third-order valence-electron chi connectivity index (χ3n) is 3.82. The van der Waals surface area contributed by atoms with Gasteiger partial charge in [-0.2, -0.15) is 0 Å². The quantitative estimate of drug-likeness (QED) is 0.632. The van der Waals surface area contributed by atoms with E-state index in [0.29, 0.717) is 29.2 Å². The van der Waals surface area contributed by atoms with Gasteiger partial charge in [0.2, 0.25) is 0 Å². The number of ether oxygens (including phenoxy) is 1. The number of nitrogens with one attached hydrogen (secondary N) is 1. The molecule has 1 aromatic rings. The average molecular weight is 262 g/mol. The van der Waals surface area contributed by atoms with Crippen molar-refractivity contribution in [3.8, 4) is 0 Å². The zero-order chi connectivity index (χ0) is 14.0. The molecule has 19 heavy (non-hydrogen) atoms. The maximum atomic E-state index is 11.7. The van der Waals surface area contributed by atoms with Gasteiger partial charge in [0.15, 0.2) is 0 Å². The maximum Gasteiger partial charge on any atom is 0.340 e. The summed E-state index contributed by atoms with van der Waals surface area (Å²) >= 11 is 0. The molecular formula is C15H22N2O2. The molecule has 1 atom stereocenters. The predicted octanol–water partition coefficient (Wildman–Crippen LogP) is 2.90. The van der Waals surface area contributed by atoms with Gasteiger partial charge >= 0.3 is 5.97 Å². The van der Waals surface area contributed by atoms with E-state index < -0.39 is 0 Å². The van der Waals surface area contributed by atoms with E-state index in [9.17, 15) is 4.79 Å². The Morgan fingerprint density at radius 3 is 2.79 bits per heavy atom. The second-order valence-corrected chi connectivity index (χ2v) is 5.79. The summed E-state index contributed by atoms with van der Waals surface area (Å²) in [5.41, 5.74) is 8.06. The molecule has 3 N–H and O–H groups in total. The molecule has 104 valence electrons. The lowest BCUT2D eigenvalue weighted by Gasteiger charge is -2.11. The highest BCUT2D eigenvalue weighted by Crippen LogP contribution is 2.51. The van der Waals surface area contributed by atoms with Crippen LogP contribution in [-0.2, 0) is 4.74 Å². The second-order valence-electron chi connectivity index (χ2n) is 5.79. The first-order chi connectivity index (χ1) is 8.94. The van der Waals surface area contributed by atoms with Crippen LogP contribution in [0.25, 0.3) is 0 Å². The van der Waals surface area contributed by atoms with E-state index in [-0.39, 0.29) is 5.97 Å². The lowest BCUT2D eigenvalue weighted by Crippen LogP contribution is -2.11. The normalized spacial score (nSPS) is 19.8. The third kappa shape index (κ3) is 3.19. The fourth-order valence-corrected chi connectivity index (χ4v) is 2.22. The Morgan fingerprint density at radius 1 is 1.53 bits per heavy atom. The van der Waals surface area contributed by atoms with Gasteiger partial charge in [0.1, 0.15) is 0 Å². The molecule has 1 aromatic carbocycles. The molecule has 0 radical (unpaired) electrons. The van der Waals surface area contributed by atoms with Crippen LogP contribution in [-0.4, -0.2) is 19.1 Å². The molecule has 1 aliphatic rings. The minimum atomic E-state index is -0.365. The second kappa shape index (κ2) is 5.11. The van der Waals surface area contributed by atoms with E-state index in [2.05, 4.69) is 19.2 Å². The zero-order valence-electron chi connectivity index (χ0n) is 11.8. The van der Waals surface area contributed by atoms with Crippen molar-refractivity contribution in [2.24, 2.45) is 11.3 Å². The van der Waals surface area contributed by atoms with Crippen molar-refractivity contribution in [2.45, 2.75) is 27.2 Å². The number of nitrogens with two attached hydrogens (primary N) is 1. The van der Waals surface area contributed by atoms with Crippen LogP contribution in [0.15, 0.2) is 18.2 Å². The molecule has 0 heterocycles. The van der Waals surface area contributed by atoms with E-state index in [4.69, 9.17) is 10.5 Å². The summed E-state index contributed by atoms with van der Waals surface area (Å²) < 4.78 is 4.99. The standard InChI is InChI=1S/C15H22N2O2/c1-4-19-14(18)12-7-11(5-6-13(12)16)17-9-10-8-15(10,2)3/h5-7,10,17H,4,8-9,16H2,1-3H3. The van der Waals surface area contributed by atoms with Gasteiger partial charge in [-0.3, -0.25) is 0 Å². The molecule has 1 fully saturated rings. The first-order valence-corrected chi connectivity index (χ1v) is 6.74. The van der Waals surface area contributed by atoms with Gasteiger partial charge in [-0.1, -0.05) is 13.8 Å². The summed E-state index contributed by atoms with van der Waals surface area (Å²) in [6, 6.07) is 5.41. The van der Waals surface area contributed by atoms with E-state index >= 15 is 0 Å². The molecule has 0 spiro atoms. The molecule has 1 unspecified atom stereocenters. The predicted molar refractivity (Wildman–Crippen MR) is 77.2 cm³/mol. The Hall–Kier alpha value is -1.71. The lowest BCUT2D eigenvalue weighted by molar-refractivity contribution is 0.0527. The molecular weight excluding hydrogens is 240 g/mol. The highest BCUT2D eigenvalue weighted by Gasteiger charge is 2.44. The highest BCUT2D eigenvalue weighted by atomic mass is 16.5. The molecule has 0 aliphatic heterocycles. The molecule has 1 aliphatic carbocycles. The van der Waals surface area contributed by atoms with Crippen LogP contribution in [0.3, 0.4) is 0 Å². The molecule has 0 bridgehead atoms. The number of hydrogen-bond acceptors (Lipinski definition) is 4. The number of hydrogen-bond donors (Lipinski definition) is 2. The molecule has 4 heteroatoms. The smallest absolute Gasteiger partial charge is 0.340 e. The van der Waals surface area contributed by atoms with E-state index in [1.165, 1.54) is 6.42 Å². The van der Waals surface area contributed by atoms with Crippen LogP contribution in [0.1, 0.15) is 37.6 Å². The van der Waals surface area contributed by atoms with Crippen LogP contribution >= 0.6 is 0 Å². The topological polar surface area (TPSA) is 64.3 Å². The van der Waals surface area contributed by atoms with Crippen LogP contribution in [0.4, 0.5) is 11.4 Å². The number of benzene rings is 1. The van der Waals surface area contributed by atoms with Gasteiger partial charge in [-0.15, -0.1) is 0 Å². The Labute approximate surface area is 114 Å². The Morgan fingerprint density at radius 2 is 2.21 bits per heavy atom. The summed E-state index contributed by atoms with van der Waals surface area (Å²) in [5, 5.41) is 3.36. The summed E-state index contributed by atoms with van der Waals surface area (Å²) in [5.74, 6) is 0.339. The summed E-state index contributed by atoms with van der Waals surface area (Å²) in [6.07, 6.45) is 1.25. The molecule has 4 nitrogen and oxygen atoms in total. The third-order valence-corrected chi connectivity index (χ3v) is 3.82. The Balaban J connectivity index is 2.02. The van der Waals surface area contributed by atoms with Gasteiger partial charge < -0.3 is 15.8 Å². The molecule has 2 rings (SSSR count). The van der Waals surface area contributed by atoms with Crippen molar-refractivity contribution >= 4 is 17.3 Å². The van der Waals surface area contributed by atoms with Crippen molar-refractivity contribution in [2.75, 3.05) is 24.2 Å². The minimum absolute atomic E-state index is 0.353. The van der Waals surface area contributed by atoms with Crippen LogP contribution in [0.5, 0.6) is 0 Å². The number of carbonyl (C=O) groups is 1. The maximum absolute atomic E-state index is 11.7. The fourth-order valence-electron chi connectivity index (χ4n) is 2.22. The van der Waals surface area contributed by atoms with Crippen LogP contribution in [0.2, 0.25) is 0 Å². The number of nitrogen functional groups attached to an aromatic ring is 1. The van der Waals surface area contributed by atoms with Gasteiger partial charge in [0.25, 0.3) is 0 Å². The van der Waals surface area contributed by atoms with Gasteiger partial charge in [0, 0.05) is 17.9 Å². The summed E-state index contributed by atoms with van der Waals surface area (Å²) in [4.78, 5) is 11.7. The molecule has 0 saturated heterocycles. The van der Waals surface area contributed by atoms with E-state index in [1.807, 2.05) is 6.07 Å². The first kappa shape index (κ1) is 13.7. The highest BCUT2D eigenvalue weighted by molar-refractivity contribution is 5.96. The minimum Gasteiger partial charge on any atom is -0.462 e. The monoisotopic (exact) mass is 262 g/mol. The van der Waals surface area contributed by atoms with Gasteiger partial charge in [-0.25, -0.2) is 4.79 Å². The van der Waals surface area contributed by atoms with Gasteiger partial charge in [0.05, 0.1) is 12.2 Å². The van der Waals surface area contributed by atoms with Gasteiger partial charge in [-0.05, 0) is 42.9 Å². The number of esters is 1. The number of rotatable bonds is 5. The Kier molecular flexibility index (Phi) is 3.69. The average Bonchev–Trinajstić information content (AvgIpc) is 2.96. The molecule has 0 aromatic heterocycles.